The Morgan fingerprint density at radius 2 is 2.18 bits per heavy atom. The highest BCUT2D eigenvalue weighted by Gasteiger charge is 2.28. The number of carbonyl (C=O) groups is 1. The van der Waals surface area contributed by atoms with E-state index >= 15 is 0 Å². The highest BCUT2D eigenvalue weighted by Crippen LogP contribution is 2.23. The molecule has 0 aromatic heterocycles. The van der Waals surface area contributed by atoms with Gasteiger partial charge in [0.1, 0.15) is 11.5 Å². The topological polar surface area (TPSA) is 38.3 Å². The number of ether oxygens (including phenoxy) is 1. The minimum Gasteiger partial charge on any atom is -0.496 e. The number of rotatable bonds is 3. The molecular formula is C14H19NO2. The van der Waals surface area contributed by atoms with Gasteiger partial charge in [0.05, 0.1) is 7.11 Å². The molecule has 1 fully saturated rings. The predicted octanol–water partition coefficient (Wildman–Crippen LogP) is 1.80. The number of hydrogen-bond donors (Lipinski definition) is 1. The lowest BCUT2D eigenvalue weighted by atomic mass is 9.87. The van der Waals surface area contributed by atoms with Crippen LogP contribution in [0.3, 0.4) is 0 Å². The van der Waals surface area contributed by atoms with Crippen LogP contribution in [-0.2, 0) is 11.2 Å². The molecule has 0 unspecified atom stereocenters. The van der Waals surface area contributed by atoms with E-state index in [4.69, 9.17) is 4.74 Å². The number of Topliss-reactive ketones (excluding diaryl/α,β-unsaturated/α-hetero) is 1. The lowest BCUT2D eigenvalue weighted by molar-refractivity contribution is -0.124. The van der Waals surface area contributed by atoms with E-state index in [9.17, 15) is 4.79 Å². The van der Waals surface area contributed by atoms with Crippen LogP contribution in [0.25, 0.3) is 0 Å². The zero-order valence-corrected chi connectivity index (χ0v) is 10.4. The van der Waals surface area contributed by atoms with Crippen molar-refractivity contribution in [1.29, 1.82) is 0 Å². The van der Waals surface area contributed by atoms with Gasteiger partial charge in [0.2, 0.25) is 0 Å². The molecule has 1 aromatic carbocycles. The number of nitrogens with one attached hydrogen (secondary N) is 1. The molecule has 0 spiro atoms. The van der Waals surface area contributed by atoms with E-state index in [0.717, 1.165) is 24.3 Å². The summed E-state index contributed by atoms with van der Waals surface area (Å²) in [5.74, 6) is 1.36. The summed E-state index contributed by atoms with van der Waals surface area (Å²) in [6.45, 7) is 2.80. The first-order valence-electron chi connectivity index (χ1n) is 6.10. The SMILES string of the molecule is COc1ccccc1C[C@@H]1NCCC(=O)[C@H]1C. The van der Waals surface area contributed by atoms with Gasteiger partial charge in [-0.25, -0.2) is 0 Å². The fourth-order valence-corrected chi connectivity index (χ4v) is 2.37. The van der Waals surface area contributed by atoms with Crippen molar-refractivity contribution < 1.29 is 9.53 Å². The third kappa shape index (κ3) is 2.67. The number of carbonyl (C=O) groups excluding carboxylic acids is 1. The van der Waals surface area contributed by atoms with Gasteiger partial charge in [-0.2, -0.15) is 0 Å². The van der Waals surface area contributed by atoms with E-state index < -0.39 is 0 Å². The molecule has 0 radical (unpaired) electrons. The molecule has 2 atom stereocenters. The van der Waals surface area contributed by atoms with Crippen LogP contribution in [0.5, 0.6) is 5.75 Å². The summed E-state index contributed by atoms with van der Waals surface area (Å²) in [6, 6.07) is 8.22. The fraction of sp³-hybridized carbons (Fsp3) is 0.500. The quantitative estimate of drug-likeness (QED) is 0.865. The van der Waals surface area contributed by atoms with Crippen molar-refractivity contribution in [2.75, 3.05) is 13.7 Å². The van der Waals surface area contributed by atoms with E-state index in [2.05, 4.69) is 11.4 Å². The maximum absolute atomic E-state index is 11.7. The van der Waals surface area contributed by atoms with Crippen LogP contribution in [0.1, 0.15) is 18.9 Å². The van der Waals surface area contributed by atoms with Crippen molar-refractivity contribution in [1.82, 2.24) is 5.32 Å². The summed E-state index contributed by atoms with van der Waals surface area (Å²) in [6.07, 6.45) is 1.50. The molecule has 0 bridgehead atoms. The highest BCUT2D eigenvalue weighted by molar-refractivity contribution is 5.82. The minimum absolute atomic E-state index is 0.0914. The molecule has 1 aliphatic heterocycles. The number of methoxy groups -OCH3 is 1. The normalized spacial score (nSPS) is 24.7. The van der Waals surface area contributed by atoms with Crippen LogP contribution in [0.2, 0.25) is 0 Å². The Labute approximate surface area is 102 Å². The molecule has 2 rings (SSSR count). The van der Waals surface area contributed by atoms with Crippen LogP contribution in [0.15, 0.2) is 24.3 Å². The van der Waals surface area contributed by atoms with E-state index in [1.807, 2.05) is 25.1 Å². The summed E-state index contributed by atoms with van der Waals surface area (Å²) in [5.41, 5.74) is 1.16. The molecule has 0 aliphatic carbocycles. The molecule has 1 N–H and O–H groups in total. The predicted molar refractivity (Wildman–Crippen MR) is 67.3 cm³/mol. The summed E-state index contributed by atoms with van der Waals surface area (Å²) in [4.78, 5) is 11.7. The molecule has 1 saturated heterocycles. The van der Waals surface area contributed by atoms with E-state index in [-0.39, 0.29) is 12.0 Å². The van der Waals surface area contributed by atoms with Crippen molar-refractivity contribution in [3.05, 3.63) is 29.8 Å². The van der Waals surface area contributed by atoms with E-state index in [1.165, 1.54) is 0 Å². The Morgan fingerprint density at radius 3 is 2.94 bits per heavy atom. The lowest BCUT2D eigenvalue weighted by Gasteiger charge is -2.29. The maximum atomic E-state index is 11.7. The van der Waals surface area contributed by atoms with E-state index in [1.54, 1.807) is 7.11 Å². The number of hydrogen-bond acceptors (Lipinski definition) is 3. The van der Waals surface area contributed by atoms with Gasteiger partial charge in [0.25, 0.3) is 0 Å². The number of para-hydroxylation sites is 1. The third-order valence-electron chi connectivity index (χ3n) is 3.52. The van der Waals surface area contributed by atoms with Crippen LogP contribution in [-0.4, -0.2) is 25.5 Å². The summed E-state index contributed by atoms with van der Waals surface area (Å²) in [7, 11) is 1.68. The van der Waals surface area contributed by atoms with Crippen molar-refractivity contribution in [2.24, 2.45) is 5.92 Å². The Hall–Kier alpha value is -1.35. The Kier molecular flexibility index (Phi) is 3.79. The van der Waals surface area contributed by atoms with Gasteiger partial charge in [0.15, 0.2) is 0 Å². The van der Waals surface area contributed by atoms with Crippen LogP contribution in [0.4, 0.5) is 0 Å². The van der Waals surface area contributed by atoms with Crippen molar-refractivity contribution in [2.45, 2.75) is 25.8 Å². The zero-order chi connectivity index (χ0) is 12.3. The van der Waals surface area contributed by atoms with Gasteiger partial charge in [-0.1, -0.05) is 25.1 Å². The average Bonchev–Trinajstić information content (AvgIpc) is 2.35. The zero-order valence-electron chi connectivity index (χ0n) is 10.4. The Morgan fingerprint density at radius 1 is 1.41 bits per heavy atom. The molecule has 1 aromatic rings. The van der Waals surface area contributed by atoms with Gasteiger partial charge in [0, 0.05) is 24.9 Å². The van der Waals surface area contributed by atoms with Gasteiger partial charge in [-0.15, -0.1) is 0 Å². The first kappa shape index (κ1) is 12.1. The van der Waals surface area contributed by atoms with Crippen LogP contribution >= 0.6 is 0 Å². The third-order valence-corrected chi connectivity index (χ3v) is 3.52. The van der Waals surface area contributed by atoms with Gasteiger partial charge < -0.3 is 10.1 Å². The van der Waals surface area contributed by atoms with Crippen molar-refractivity contribution in [3.8, 4) is 5.75 Å². The molecule has 0 amide bonds. The molecule has 3 heteroatoms. The molecule has 1 aliphatic rings. The first-order chi connectivity index (χ1) is 8.22. The van der Waals surface area contributed by atoms with Crippen LogP contribution < -0.4 is 10.1 Å². The van der Waals surface area contributed by atoms with Crippen molar-refractivity contribution in [3.63, 3.8) is 0 Å². The second-order valence-corrected chi connectivity index (χ2v) is 4.58. The molecule has 92 valence electrons. The van der Waals surface area contributed by atoms with Gasteiger partial charge in [-0.05, 0) is 18.1 Å². The van der Waals surface area contributed by atoms with Gasteiger partial charge >= 0.3 is 0 Å². The molecule has 0 saturated carbocycles. The second kappa shape index (κ2) is 5.32. The van der Waals surface area contributed by atoms with Gasteiger partial charge in [-0.3, -0.25) is 4.79 Å². The minimum atomic E-state index is 0.0914. The molecule has 3 nitrogen and oxygen atoms in total. The maximum Gasteiger partial charge on any atom is 0.138 e. The Balaban J connectivity index is 2.12. The molecular weight excluding hydrogens is 214 g/mol. The highest BCUT2D eigenvalue weighted by atomic mass is 16.5. The number of ketones is 1. The van der Waals surface area contributed by atoms with E-state index in [0.29, 0.717) is 12.2 Å². The summed E-state index contributed by atoms with van der Waals surface area (Å²) < 4.78 is 5.34. The second-order valence-electron chi connectivity index (χ2n) is 4.58. The largest absolute Gasteiger partial charge is 0.496 e. The fourth-order valence-electron chi connectivity index (χ4n) is 2.37. The molecule has 17 heavy (non-hydrogen) atoms. The number of piperidine rings is 1. The molecule has 1 heterocycles. The number of benzene rings is 1. The monoisotopic (exact) mass is 233 g/mol. The standard InChI is InChI=1S/C14H19NO2/c1-10-12(15-8-7-13(10)16)9-11-5-3-4-6-14(11)17-2/h3-6,10,12,15H,7-9H2,1-2H3/t10-,12-/m0/s1. The summed E-state index contributed by atoms with van der Waals surface area (Å²) >= 11 is 0. The smallest absolute Gasteiger partial charge is 0.138 e. The lowest BCUT2D eigenvalue weighted by Crippen LogP contribution is -2.46. The summed E-state index contributed by atoms with van der Waals surface area (Å²) in [5, 5.41) is 3.42. The first-order valence-corrected chi connectivity index (χ1v) is 6.10. The van der Waals surface area contributed by atoms with Crippen molar-refractivity contribution >= 4 is 5.78 Å². The van der Waals surface area contributed by atoms with Crippen LogP contribution in [0, 0.1) is 5.92 Å². The Bertz CT molecular complexity index is 403. The average molecular weight is 233 g/mol.